The molecule has 1 fully saturated rings. The number of benzene rings is 1. The van der Waals surface area contributed by atoms with E-state index in [1.165, 1.54) is 6.07 Å². The van der Waals surface area contributed by atoms with Gasteiger partial charge in [0.05, 0.1) is 17.2 Å². The largest absolute Gasteiger partial charge is 0.368 e. The van der Waals surface area contributed by atoms with Crippen molar-refractivity contribution >= 4 is 27.3 Å². The van der Waals surface area contributed by atoms with Gasteiger partial charge in [-0.2, -0.15) is 4.98 Å². The van der Waals surface area contributed by atoms with E-state index in [0.29, 0.717) is 18.3 Å². The number of aromatic nitrogens is 2. The number of piperazine rings is 1. The normalized spacial score (nSPS) is 15.8. The quantitative estimate of drug-likeness (QED) is 0.593. The summed E-state index contributed by atoms with van der Waals surface area (Å²) in [6, 6.07) is 4.87. The molecule has 0 unspecified atom stereocenters. The lowest BCUT2D eigenvalue weighted by atomic mass is 10.2. The van der Waals surface area contributed by atoms with E-state index >= 15 is 0 Å². The number of aryl methyl sites for hydroxylation is 1. The summed E-state index contributed by atoms with van der Waals surface area (Å²) in [6.45, 7) is 5.88. The fourth-order valence-electron chi connectivity index (χ4n) is 2.62. The number of rotatable bonds is 4. The first-order chi connectivity index (χ1) is 11.0. The molecule has 8 nitrogen and oxygen atoms in total. The molecule has 23 heavy (non-hydrogen) atoms. The van der Waals surface area contributed by atoms with E-state index in [0.717, 1.165) is 36.3 Å². The molecular formula is C14H16BrN5O3. The van der Waals surface area contributed by atoms with Crippen LogP contribution in [0.2, 0.25) is 0 Å². The zero-order valence-corrected chi connectivity index (χ0v) is 14.2. The standard InChI is InChI=1S/C14H16BrN5O3/c1-10-16-14(17-23-10)9-18-4-6-19(7-5-18)13-3-2-11(20(21)22)8-12(13)15/h2-3,8H,4-7,9H2,1H3. The van der Waals surface area contributed by atoms with Crippen molar-refractivity contribution in [2.24, 2.45) is 0 Å². The number of nitro groups is 1. The monoisotopic (exact) mass is 381 g/mol. The third-order valence-corrected chi connectivity index (χ3v) is 4.42. The van der Waals surface area contributed by atoms with Gasteiger partial charge in [-0.3, -0.25) is 15.0 Å². The summed E-state index contributed by atoms with van der Waals surface area (Å²) in [5.74, 6) is 1.28. The zero-order valence-electron chi connectivity index (χ0n) is 12.6. The molecule has 1 aliphatic rings. The minimum Gasteiger partial charge on any atom is -0.368 e. The molecule has 1 aromatic heterocycles. The molecule has 2 aromatic rings. The molecule has 0 bridgehead atoms. The van der Waals surface area contributed by atoms with Crippen LogP contribution in [0.4, 0.5) is 11.4 Å². The van der Waals surface area contributed by atoms with Crippen LogP contribution in [0, 0.1) is 17.0 Å². The summed E-state index contributed by atoms with van der Waals surface area (Å²) in [4.78, 5) is 19.1. The topological polar surface area (TPSA) is 88.5 Å². The van der Waals surface area contributed by atoms with Gasteiger partial charge in [0.2, 0.25) is 5.89 Å². The second-order valence-corrected chi connectivity index (χ2v) is 6.24. The van der Waals surface area contributed by atoms with Crippen molar-refractivity contribution in [3.8, 4) is 0 Å². The van der Waals surface area contributed by atoms with Crippen LogP contribution in [0.3, 0.4) is 0 Å². The molecule has 9 heteroatoms. The number of hydrogen-bond donors (Lipinski definition) is 0. The lowest BCUT2D eigenvalue weighted by Crippen LogP contribution is -2.46. The van der Waals surface area contributed by atoms with Crippen LogP contribution in [0.25, 0.3) is 0 Å². The summed E-state index contributed by atoms with van der Waals surface area (Å²) in [5.41, 5.74) is 1.07. The summed E-state index contributed by atoms with van der Waals surface area (Å²) in [6.07, 6.45) is 0. The summed E-state index contributed by atoms with van der Waals surface area (Å²) < 4.78 is 5.73. The molecule has 0 amide bonds. The van der Waals surface area contributed by atoms with E-state index in [1.54, 1.807) is 19.1 Å². The Balaban J connectivity index is 1.61. The lowest BCUT2D eigenvalue weighted by molar-refractivity contribution is -0.384. The highest BCUT2D eigenvalue weighted by Crippen LogP contribution is 2.30. The van der Waals surface area contributed by atoms with Gasteiger partial charge in [0.1, 0.15) is 0 Å². The van der Waals surface area contributed by atoms with Crippen molar-refractivity contribution in [3.05, 3.63) is 44.5 Å². The molecule has 0 spiro atoms. The van der Waals surface area contributed by atoms with Crippen LogP contribution in [-0.2, 0) is 6.54 Å². The van der Waals surface area contributed by atoms with Gasteiger partial charge in [0, 0.05) is 49.7 Å². The van der Waals surface area contributed by atoms with E-state index < -0.39 is 0 Å². The van der Waals surface area contributed by atoms with Crippen LogP contribution < -0.4 is 4.90 Å². The molecule has 1 aromatic carbocycles. The Morgan fingerprint density at radius 3 is 2.65 bits per heavy atom. The third kappa shape index (κ3) is 3.67. The predicted octanol–water partition coefficient (Wildman–Crippen LogP) is 2.37. The Morgan fingerprint density at radius 1 is 1.35 bits per heavy atom. The number of nitro benzene ring substituents is 1. The molecule has 1 aliphatic heterocycles. The first-order valence-corrected chi connectivity index (χ1v) is 8.02. The van der Waals surface area contributed by atoms with E-state index in [-0.39, 0.29) is 10.6 Å². The Morgan fingerprint density at radius 2 is 2.09 bits per heavy atom. The highest BCUT2D eigenvalue weighted by atomic mass is 79.9. The fraction of sp³-hybridized carbons (Fsp3) is 0.429. The van der Waals surface area contributed by atoms with Crippen LogP contribution >= 0.6 is 15.9 Å². The van der Waals surface area contributed by atoms with Crippen molar-refractivity contribution < 1.29 is 9.45 Å². The summed E-state index contributed by atoms with van der Waals surface area (Å²) >= 11 is 3.43. The van der Waals surface area contributed by atoms with Crippen LogP contribution in [0.15, 0.2) is 27.2 Å². The lowest BCUT2D eigenvalue weighted by Gasteiger charge is -2.35. The highest BCUT2D eigenvalue weighted by molar-refractivity contribution is 9.10. The van der Waals surface area contributed by atoms with Gasteiger partial charge >= 0.3 is 0 Å². The maximum atomic E-state index is 10.8. The predicted molar refractivity (Wildman–Crippen MR) is 87.3 cm³/mol. The number of halogens is 1. The molecule has 3 rings (SSSR count). The van der Waals surface area contributed by atoms with Gasteiger partial charge in [-0.1, -0.05) is 5.16 Å². The van der Waals surface area contributed by atoms with Crippen molar-refractivity contribution in [1.82, 2.24) is 15.0 Å². The van der Waals surface area contributed by atoms with Gasteiger partial charge in [-0.15, -0.1) is 0 Å². The smallest absolute Gasteiger partial charge is 0.270 e. The first kappa shape index (κ1) is 15.9. The molecule has 0 saturated carbocycles. The van der Waals surface area contributed by atoms with Crippen molar-refractivity contribution in [1.29, 1.82) is 0 Å². The average molecular weight is 382 g/mol. The maximum absolute atomic E-state index is 10.8. The van der Waals surface area contributed by atoms with Crippen LogP contribution in [0.1, 0.15) is 11.7 Å². The molecule has 1 saturated heterocycles. The number of nitrogens with zero attached hydrogens (tertiary/aromatic N) is 5. The first-order valence-electron chi connectivity index (χ1n) is 7.23. The highest BCUT2D eigenvalue weighted by Gasteiger charge is 2.21. The molecular weight excluding hydrogens is 366 g/mol. The van der Waals surface area contributed by atoms with Gasteiger partial charge in [-0.05, 0) is 22.0 Å². The van der Waals surface area contributed by atoms with Crippen molar-refractivity contribution in [3.63, 3.8) is 0 Å². The molecule has 0 atom stereocenters. The second kappa shape index (κ2) is 6.63. The second-order valence-electron chi connectivity index (χ2n) is 5.39. The average Bonchev–Trinajstić information content (AvgIpc) is 2.93. The number of hydrogen-bond acceptors (Lipinski definition) is 7. The molecule has 0 N–H and O–H groups in total. The van der Waals surface area contributed by atoms with Gasteiger partial charge in [-0.25, -0.2) is 0 Å². The Labute approximate surface area is 141 Å². The Kier molecular flexibility index (Phi) is 4.58. The van der Waals surface area contributed by atoms with Crippen LogP contribution in [0.5, 0.6) is 0 Å². The maximum Gasteiger partial charge on any atom is 0.270 e. The van der Waals surface area contributed by atoms with E-state index in [4.69, 9.17) is 4.52 Å². The Hall–Kier alpha value is -2.00. The third-order valence-electron chi connectivity index (χ3n) is 3.79. The van der Waals surface area contributed by atoms with Crippen molar-refractivity contribution in [2.45, 2.75) is 13.5 Å². The van der Waals surface area contributed by atoms with E-state index in [9.17, 15) is 10.1 Å². The SMILES string of the molecule is Cc1nc(CN2CCN(c3ccc([N+](=O)[O-])cc3Br)CC2)no1. The van der Waals surface area contributed by atoms with Gasteiger partial charge in [0.15, 0.2) is 5.82 Å². The number of non-ortho nitro benzene ring substituents is 1. The molecule has 122 valence electrons. The van der Waals surface area contributed by atoms with E-state index in [2.05, 4.69) is 35.9 Å². The molecule has 0 aliphatic carbocycles. The molecule has 2 heterocycles. The summed E-state index contributed by atoms with van der Waals surface area (Å²) in [5, 5.41) is 14.7. The summed E-state index contributed by atoms with van der Waals surface area (Å²) in [7, 11) is 0. The number of anilines is 1. The fourth-order valence-corrected chi connectivity index (χ4v) is 3.24. The van der Waals surface area contributed by atoms with Gasteiger partial charge < -0.3 is 9.42 Å². The Bertz CT molecular complexity index is 712. The minimum absolute atomic E-state index is 0.0896. The van der Waals surface area contributed by atoms with Crippen molar-refractivity contribution in [2.75, 3.05) is 31.1 Å². The minimum atomic E-state index is -0.390. The zero-order chi connectivity index (χ0) is 16.4. The van der Waals surface area contributed by atoms with E-state index in [1.807, 2.05) is 0 Å². The van der Waals surface area contributed by atoms with Crippen LogP contribution in [-0.4, -0.2) is 46.1 Å². The van der Waals surface area contributed by atoms with Gasteiger partial charge in [0.25, 0.3) is 5.69 Å². The molecule has 0 radical (unpaired) electrons.